The Balaban J connectivity index is 1.51. The number of anilines is 2. The van der Waals surface area contributed by atoms with Crippen LogP contribution in [0.2, 0.25) is 5.02 Å². The van der Waals surface area contributed by atoms with Crippen molar-refractivity contribution in [2.75, 3.05) is 54.7 Å². The highest BCUT2D eigenvalue weighted by Gasteiger charge is 2.24. The smallest absolute Gasteiger partial charge is 0.242 e. The van der Waals surface area contributed by atoms with E-state index < -0.39 is 15.9 Å². The number of hydrogen-bond donors (Lipinski definition) is 1. The molecule has 1 aliphatic heterocycles. The number of carbonyl (C=O) groups excluding carboxylic acids is 2. The summed E-state index contributed by atoms with van der Waals surface area (Å²) in [6, 6.07) is 14.5. The van der Waals surface area contributed by atoms with Crippen molar-refractivity contribution in [1.29, 1.82) is 0 Å². The third-order valence-corrected chi connectivity index (χ3v) is 6.71. The summed E-state index contributed by atoms with van der Waals surface area (Å²) in [6.45, 7) is 3.64. The van der Waals surface area contributed by atoms with Crippen LogP contribution in [0.15, 0.2) is 48.5 Å². The first-order chi connectivity index (χ1) is 15.1. The highest BCUT2D eigenvalue weighted by Crippen LogP contribution is 2.22. The first-order valence-corrected chi connectivity index (χ1v) is 12.5. The molecule has 0 bridgehead atoms. The molecule has 2 aromatic rings. The van der Waals surface area contributed by atoms with Gasteiger partial charge < -0.3 is 15.1 Å². The van der Waals surface area contributed by atoms with E-state index in [1.807, 2.05) is 24.3 Å². The quantitative estimate of drug-likeness (QED) is 0.656. The fraction of sp³-hybridized carbons (Fsp3) is 0.364. The summed E-state index contributed by atoms with van der Waals surface area (Å²) in [7, 11) is -3.67. The van der Waals surface area contributed by atoms with Gasteiger partial charge in [-0.05, 0) is 42.8 Å². The Morgan fingerprint density at radius 1 is 1.03 bits per heavy atom. The molecule has 0 unspecified atom stereocenters. The molecule has 1 N–H and O–H groups in total. The van der Waals surface area contributed by atoms with Crippen molar-refractivity contribution in [1.82, 2.24) is 10.2 Å². The van der Waals surface area contributed by atoms with E-state index in [4.69, 9.17) is 11.6 Å². The zero-order valence-electron chi connectivity index (χ0n) is 18.1. The number of para-hydroxylation sites is 1. The fourth-order valence-corrected chi connectivity index (χ4v) is 4.60. The molecule has 172 valence electrons. The van der Waals surface area contributed by atoms with Gasteiger partial charge in [0.1, 0.15) is 6.54 Å². The van der Waals surface area contributed by atoms with E-state index in [1.54, 1.807) is 36.1 Å². The molecule has 32 heavy (non-hydrogen) atoms. The van der Waals surface area contributed by atoms with Crippen molar-refractivity contribution in [3.8, 4) is 0 Å². The maximum atomic E-state index is 12.5. The van der Waals surface area contributed by atoms with Gasteiger partial charge in [-0.1, -0.05) is 29.8 Å². The minimum atomic E-state index is -3.67. The number of carbonyl (C=O) groups is 2. The lowest BCUT2D eigenvalue weighted by atomic mass is 10.2. The van der Waals surface area contributed by atoms with Crippen molar-refractivity contribution in [3.63, 3.8) is 0 Å². The Morgan fingerprint density at radius 2 is 1.66 bits per heavy atom. The van der Waals surface area contributed by atoms with E-state index in [9.17, 15) is 18.0 Å². The molecule has 1 heterocycles. The van der Waals surface area contributed by atoms with Crippen LogP contribution in [0, 0.1) is 6.92 Å². The highest BCUT2D eigenvalue weighted by molar-refractivity contribution is 7.92. The Bertz CT molecular complexity index is 1070. The number of sulfonamides is 1. The van der Waals surface area contributed by atoms with Crippen LogP contribution in [-0.4, -0.2) is 70.7 Å². The lowest BCUT2D eigenvalue weighted by Crippen LogP contribution is -2.52. The van der Waals surface area contributed by atoms with E-state index in [-0.39, 0.29) is 19.0 Å². The molecule has 10 heteroatoms. The zero-order valence-corrected chi connectivity index (χ0v) is 19.7. The summed E-state index contributed by atoms with van der Waals surface area (Å²) in [5.74, 6) is -0.734. The van der Waals surface area contributed by atoms with E-state index in [0.717, 1.165) is 21.8 Å². The summed E-state index contributed by atoms with van der Waals surface area (Å²) >= 11 is 5.93. The molecule has 0 aromatic heterocycles. The molecule has 0 atom stereocenters. The standard InChI is InChI=1S/C22H27ClN4O4S/c1-17-5-3-4-6-20(17)27(32(2,30)31)16-21(28)24-15-22(29)26-13-11-25(12-14-26)19-9-7-18(23)8-10-19/h3-10H,11-16H2,1-2H3,(H,24,28). The van der Waals surface area contributed by atoms with Crippen molar-refractivity contribution in [2.24, 2.45) is 0 Å². The van der Waals surface area contributed by atoms with Crippen LogP contribution in [0.25, 0.3) is 0 Å². The molecule has 1 fully saturated rings. The Kier molecular flexibility index (Phi) is 7.63. The number of hydrogen-bond acceptors (Lipinski definition) is 5. The summed E-state index contributed by atoms with van der Waals surface area (Å²) in [6.07, 6.45) is 1.05. The van der Waals surface area contributed by atoms with E-state index in [2.05, 4.69) is 10.2 Å². The van der Waals surface area contributed by atoms with Gasteiger partial charge in [-0.25, -0.2) is 8.42 Å². The van der Waals surface area contributed by atoms with Gasteiger partial charge in [0.15, 0.2) is 0 Å². The molecular weight excluding hydrogens is 452 g/mol. The molecule has 1 aliphatic rings. The number of nitrogens with one attached hydrogen (secondary N) is 1. The number of halogens is 1. The number of nitrogens with zero attached hydrogens (tertiary/aromatic N) is 3. The third-order valence-electron chi connectivity index (χ3n) is 5.33. The number of benzene rings is 2. The van der Waals surface area contributed by atoms with Crippen molar-refractivity contribution < 1.29 is 18.0 Å². The second kappa shape index (κ2) is 10.2. The van der Waals surface area contributed by atoms with Gasteiger partial charge in [-0.15, -0.1) is 0 Å². The number of rotatable bonds is 7. The molecule has 8 nitrogen and oxygen atoms in total. The van der Waals surface area contributed by atoms with Crippen LogP contribution in [0.3, 0.4) is 0 Å². The van der Waals surface area contributed by atoms with Gasteiger partial charge in [0.2, 0.25) is 21.8 Å². The lowest BCUT2D eigenvalue weighted by Gasteiger charge is -2.36. The normalized spacial score (nSPS) is 14.2. The minimum Gasteiger partial charge on any atom is -0.368 e. The van der Waals surface area contributed by atoms with Crippen LogP contribution in [0.1, 0.15) is 5.56 Å². The second-order valence-electron chi connectivity index (χ2n) is 7.68. The van der Waals surface area contributed by atoms with E-state index in [1.165, 1.54) is 0 Å². The van der Waals surface area contributed by atoms with Crippen molar-refractivity contribution >= 4 is 44.8 Å². The monoisotopic (exact) mass is 478 g/mol. The van der Waals surface area contributed by atoms with Crippen LogP contribution >= 0.6 is 11.6 Å². The SMILES string of the molecule is Cc1ccccc1N(CC(=O)NCC(=O)N1CCN(c2ccc(Cl)cc2)CC1)S(C)(=O)=O. The Morgan fingerprint density at radius 3 is 2.25 bits per heavy atom. The number of amides is 2. The van der Waals surface area contributed by atoms with Gasteiger partial charge in [-0.3, -0.25) is 13.9 Å². The van der Waals surface area contributed by atoms with Crippen LogP contribution < -0.4 is 14.5 Å². The molecule has 0 radical (unpaired) electrons. The van der Waals surface area contributed by atoms with Crippen LogP contribution in [0.5, 0.6) is 0 Å². The third kappa shape index (κ3) is 6.14. The molecule has 2 aromatic carbocycles. The second-order valence-corrected chi connectivity index (χ2v) is 10.0. The Hall–Kier alpha value is -2.78. The molecule has 0 spiro atoms. The average Bonchev–Trinajstić information content (AvgIpc) is 2.76. The maximum absolute atomic E-state index is 12.5. The fourth-order valence-electron chi connectivity index (χ4n) is 3.56. The van der Waals surface area contributed by atoms with Gasteiger partial charge in [0, 0.05) is 36.9 Å². The topological polar surface area (TPSA) is 90.0 Å². The summed E-state index contributed by atoms with van der Waals surface area (Å²) < 4.78 is 25.5. The Labute approximate surface area is 193 Å². The zero-order chi connectivity index (χ0) is 23.3. The first-order valence-electron chi connectivity index (χ1n) is 10.2. The van der Waals surface area contributed by atoms with E-state index >= 15 is 0 Å². The molecule has 3 rings (SSSR count). The molecule has 1 saturated heterocycles. The molecule has 0 aliphatic carbocycles. The molecule has 2 amide bonds. The van der Waals surface area contributed by atoms with E-state index in [0.29, 0.717) is 36.9 Å². The van der Waals surface area contributed by atoms with Crippen LogP contribution in [-0.2, 0) is 19.6 Å². The van der Waals surface area contributed by atoms with Gasteiger partial charge >= 0.3 is 0 Å². The minimum absolute atomic E-state index is 0.175. The summed E-state index contributed by atoms with van der Waals surface area (Å²) in [5, 5.41) is 3.23. The predicted molar refractivity (Wildman–Crippen MR) is 127 cm³/mol. The largest absolute Gasteiger partial charge is 0.368 e. The van der Waals surface area contributed by atoms with Gasteiger partial charge in [-0.2, -0.15) is 0 Å². The molecular formula is C22H27ClN4O4S. The summed E-state index contributed by atoms with van der Waals surface area (Å²) in [4.78, 5) is 28.8. The highest BCUT2D eigenvalue weighted by atomic mass is 35.5. The first kappa shape index (κ1) is 23.9. The summed E-state index contributed by atoms with van der Waals surface area (Å²) in [5.41, 5.74) is 2.22. The predicted octanol–water partition coefficient (Wildman–Crippen LogP) is 1.88. The molecule has 0 saturated carbocycles. The van der Waals surface area contributed by atoms with Gasteiger partial charge in [0.25, 0.3) is 0 Å². The lowest BCUT2D eigenvalue weighted by molar-refractivity contribution is -0.132. The van der Waals surface area contributed by atoms with Crippen molar-refractivity contribution in [3.05, 3.63) is 59.1 Å². The average molecular weight is 479 g/mol. The van der Waals surface area contributed by atoms with Gasteiger partial charge in [0.05, 0.1) is 18.5 Å². The number of piperazine rings is 1. The van der Waals surface area contributed by atoms with Crippen molar-refractivity contribution in [2.45, 2.75) is 6.92 Å². The maximum Gasteiger partial charge on any atom is 0.242 e. The number of aryl methyl sites for hydroxylation is 1. The van der Waals surface area contributed by atoms with Crippen LogP contribution in [0.4, 0.5) is 11.4 Å².